The summed E-state index contributed by atoms with van der Waals surface area (Å²) in [5.74, 6) is -0.227. The minimum absolute atomic E-state index is 0.220. The van der Waals surface area contributed by atoms with Gasteiger partial charge in [0.1, 0.15) is 0 Å². The van der Waals surface area contributed by atoms with Gasteiger partial charge >= 0.3 is 0 Å². The number of aryl methyl sites for hydroxylation is 1. The Morgan fingerprint density at radius 1 is 1.00 bits per heavy atom. The van der Waals surface area contributed by atoms with Crippen molar-refractivity contribution in [3.05, 3.63) is 82.7 Å². The van der Waals surface area contributed by atoms with E-state index in [2.05, 4.69) is 25.9 Å². The highest BCUT2D eigenvalue weighted by atomic mass is 16.2. The Morgan fingerprint density at radius 3 is 2.65 bits per heavy atom. The minimum Gasteiger partial charge on any atom is -0.322 e. The molecule has 1 saturated heterocycles. The maximum Gasteiger partial charge on any atom is 0.258 e. The van der Waals surface area contributed by atoms with E-state index in [1.165, 1.54) is 0 Å². The zero-order valence-corrected chi connectivity index (χ0v) is 17.2. The third kappa shape index (κ3) is 3.92. The van der Waals surface area contributed by atoms with Gasteiger partial charge in [-0.25, -0.2) is 9.97 Å². The molecule has 7 nitrogen and oxygen atoms in total. The van der Waals surface area contributed by atoms with E-state index in [1.807, 2.05) is 37.4 Å². The average Bonchev–Trinajstić information content (AvgIpc) is 3.17. The number of hydrogen-bond acceptors (Lipinski definition) is 5. The fraction of sp³-hybridized carbons (Fsp3) is 0.250. The first-order chi connectivity index (χ1) is 15.1. The Labute approximate surface area is 180 Å². The van der Waals surface area contributed by atoms with Crippen molar-refractivity contribution in [3.8, 4) is 0 Å². The molecule has 2 unspecified atom stereocenters. The van der Waals surface area contributed by atoms with Gasteiger partial charge in [-0.3, -0.25) is 14.9 Å². The number of amides is 2. The zero-order chi connectivity index (χ0) is 21.4. The van der Waals surface area contributed by atoms with Gasteiger partial charge in [-0.05, 0) is 49.6 Å². The molecule has 0 aliphatic carbocycles. The maximum absolute atomic E-state index is 12.8. The molecular formula is C24H23N5O2. The van der Waals surface area contributed by atoms with Crippen LogP contribution in [-0.4, -0.2) is 27.8 Å². The van der Waals surface area contributed by atoms with E-state index in [-0.39, 0.29) is 11.8 Å². The molecule has 0 saturated carbocycles. The zero-order valence-electron chi connectivity index (χ0n) is 17.2. The Balaban J connectivity index is 1.33. The summed E-state index contributed by atoms with van der Waals surface area (Å²) in [6, 6.07) is 15.0. The predicted molar refractivity (Wildman–Crippen MR) is 118 cm³/mol. The summed E-state index contributed by atoms with van der Waals surface area (Å²) in [6.45, 7) is 1.89. The first-order valence-electron chi connectivity index (χ1n) is 10.5. The van der Waals surface area contributed by atoms with Crippen molar-refractivity contribution in [3.63, 3.8) is 0 Å². The van der Waals surface area contributed by atoms with Crippen molar-refractivity contribution in [2.75, 3.05) is 10.6 Å². The molecular weight excluding hydrogens is 390 g/mol. The summed E-state index contributed by atoms with van der Waals surface area (Å²) in [4.78, 5) is 34.3. The second kappa shape index (κ2) is 7.92. The van der Waals surface area contributed by atoms with E-state index < -0.39 is 0 Å². The van der Waals surface area contributed by atoms with Crippen molar-refractivity contribution < 1.29 is 9.59 Å². The molecule has 2 aliphatic rings. The lowest BCUT2D eigenvalue weighted by atomic mass is 10.0. The summed E-state index contributed by atoms with van der Waals surface area (Å²) < 4.78 is 0. The van der Waals surface area contributed by atoms with E-state index in [4.69, 9.17) is 0 Å². The molecule has 1 aromatic heterocycles. The van der Waals surface area contributed by atoms with Crippen LogP contribution in [-0.2, 0) is 6.42 Å². The molecule has 5 rings (SSSR count). The van der Waals surface area contributed by atoms with Crippen molar-refractivity contribution in [2.24, 2.45) is 0 Å². The van der Waals surface area contributed by atoms with Crippen molar-refractivity contribution in [2.45, 2.75) is 38.3 Å². The highest BCUT2D eigenvalue weighted by Crippen LogP contribution is 2.34. The van der Waals surface area contributed by atoms with E-state index in [1.54, 1.807) is 24.3 Å². The van der Waals surface area contributed by atoms with E-state index in [0.29, 0.717) is 34.8 Å². The quantitative estimate of drug-likeness (QED) is 0.607. The van der Waals surface area contributed by atoms with Crippen LogP contribution in [0.15, 0.2) is 54.7 Å². The summed E-state index contributed by atoms with van der Waals surface area (Å²) in [5.41, 5.74) is 4.59. The van der Waals surface area contributed by atoms with Gasteiger partial charge in [-0.15, -0.1) is 0 Å². The van der Waals surface area contributed by atoms with Crippen LogP contribution in [0.3, 0.4) is 0 Å². The monoisotopic (exact) mass is 413 g/mol. The van der Waals surface area contributed by atoms with Gasteiger partial charge in [0.2, 0.25) is 5.95 Å². The minimum atomic E-state index is -0.313. The summed E-state index contributed by atoms with van der Waals surface area (Å²) in [6.07, 6.45) is 4.92. The van der Waals surface area contributed by atoms with Crippen LogP contribution in [0.4, 0.5) is 11.6 Å². The van der Waals surface area contributed by atoms with Crippen LogP contribution in [0, 0.1) is 6.92 Å². The standard InChI is InChI=1S/C24H23N5O2/c1-14-7-8-16(11-20(14)27-22(30)15-5-3-2-4-6-15)23(31)29-24-25-13-18-19-10-9-17(26-19)12-21(18)28-24/h2-8,11,13,17,19,26H,9-10,12H2,1H3,(H,27,30)(H,25,28,29,31). The highest BCUT2D eigenvalue weighted by Gasteiger charge is 2.33. The topological polar surface area (TPSA) is 96.0 Å². The summed E-state index contributed by atoms with van der Waals surface area (Å²) >= 11 is 0. The Morgan fingerprint density at radius 2 is 1.81 bits per heavy atom. The number of carbonyl (C=O) groups is 2. The fourth-order valence-electron chi connectivity index (χ4n) is 4.26. The molecule has 31 heavy (non-hydrogen) atoms. The molecule has 1 fully saturated rings. The van der Waals surface area contributed by atoms with Gasteiger partial charge in [-0.1, -0.05) is 24.3 Å². The molecule has 2 aromatic carbocycles. The second-order valence-corrected chi connectivity index (χ2v) is 8.10. The van der Waals surface area contributed by atoms with Crippen LogP contribution in [0.5, 0.6) is 0 Å². The van der Waals surface area contributed by atoms with Gasteiger partial charge in [0.25, 0.3) is 11.8 Å². The summed E-state index contributed by atoms with van der Waals surface area (Å²) in [7, 11) is 0. The third-order valence-corrected chi connectivity index (χ3v) is 5.97. The lowest BCUT2D eigenvalue weighted by molar-refractivity contribution is 0.101. The Kier molecular flexibility index (Phi) is 4.95. The third-order valence-electron chi connectivity index (χ3n) is 5.97. The van der Waals surface area contributed by atoms with Crippen LogP contribution in [0.1, 0.15) is 56.4 Å². The molecule has 2 aliphatic heterocycles. The van der Waals surface area contributed by atoms with E-state index in [0.717, 1.165) is 36.1 Å². The van der Waals surface area contributed by atoms with Crippen LogP contribution >= 0.6 is 0 Å². The van der Waals surface area contributed by atoms with Gasteiger partial charge in [0.05, 0.1) is 5.69 Å². The first-order valence-corrected chi connectivity index (χ1v) is 10.5. The fourth-order valence-corrected chi connectivity index (χ4v) is 4.26. The molecule has 0 radical (unpaired) electrons. The lowest BCUT2D eigenvalue weighted by Crippen LogP contribution is -2.33. The number of aromatic nitrogens is 2. The van der Waals surface area contributed by atoms with Crippen LogP contribution < -0.4 is 16.0 Å². The molecule has 156 valence electrons. The average molecular weight is 413 g/mol. The maximum atomic E-state index is 12.8. The Bertz CT molecular complexity index is 1160. The highest BCUT2D eigenvalue weighted by molar-refractivity contribution is 6.07. The largest absolute Gasteiger partial charge is 0.322 e. The molecule has 7 heteroatoms. The SMILES string of the molecule is Cc1ccc(C(=O)Nc2ncc3c(n2)CC2CCC3N2)cc1NC(=O)c1ccccc1. The molecule has 3 aromatic rings. The van der Waals surface area contributed by atoms with Crippen LogP contribution in [0.2, 0.25) is 0 Å². The number of fused-ring (bicyclic) bond motifs is 4. The van der Waals surface area contributed by atoms with Crippen LogP contribution in [0.25, 0.3) is 0 Å². The first kappa shape index (κ1) is 19.4. The lowest BCUT2D eigenvalue weighted by Gasteiger charge is -2.23. The molecule has 2 bridgehead atoms. The number of benzene rings is 2. The number of hydrogen-bond donors (Lipinski definition) is 3. The number of carbonyl (C=O) groups excluding carboxylic acids is 2. The molecule has 2 atom stereocenters. The molecule has 0 spiro atoms. The normalized spacial score (nSPS) is 18.9. The van der Waals surface area contributed by atoms with Crippen molar-refractivity contribution in [1.29, 1.82) is 0 Å². The number of nitrogens with one attached hydrogen (secondary N) is 3. The van der Waals surface area contributed by atoms with Gasteiger partial charge < -0.3 is 10.6 Å². The van der Waals surface area contributed by atoms with Gasteiger partial charge in [-0.2, -0.15) is 0 Å². The smallest absolute Gasteiger partial charge is 0.258 e. The Hall–Kier alpha value is -3.58. The van der Waals surface area contributed by atoms with Crippen molar-refractivity contribution in [1.82, 2.24) is 15.3 Å². The molecule has 3 heterocycles. The van der Waals surface area contributed by atoms with E-state index >= 15 is 0 Å². The summed E-state index contributed by atoms with van der Waals surface area (Å²) in [5, 5.41) is 9.25. The molecule has 3 N–H and O–H groups in total. The van der Waals surface area contributed by atoms with Gasteiger partial charge in [0.15, 0.2) is 0 Å². The van der Waals surface area contributed by atoms with E-state index in [9.17, 15) is 9.59 Å². The second-order valence-electron chi connectivity index (χ2n) is 8.10. The number of nitrogens with zero attached hydrogens (tertiary/aromatic N) is 2. The van der Waals surface area contributed by atoms with Crippen molar-refractivity contribution >= 4 is 23.5 Å². The number of anilines is 2. The molecule has 2 amide bonds. The number of rotatable bonds is 4. The predicted octanol–water partition coefficient (Wildman–Crippen LogP) is 3.64. The van der Waals surface area contributed by atoms with Gasteiger partial charge in [0, 0.05) is 47.1 Å².